The van der Waals surface area contributed by atoms with E-state index in [1.54, 1.807) is 19.1 Å². The van der Waals surface area contributed by atoms with Crippen LogP contribution in [0, 0.1) is 0 Å². The van der Waals surface area contributed by atoms with Crippen LogP contribution >= 0.6 is 0 Å². The van der Waals surface area contributed by atoms with Crippen LogP contribution in [0.15, 0.2) is 95.6 Å². The van der Waals surface area contributed by atoms with Crippen molar-refractivity contribution in [2.75, 3.05) is 6.54 Å². The Balaban J connectivity index is 1.36. The van der Waals surface area contributed by atoms with Crippen molar-refractivity contribution in [2.24, 2.45) is 0 Å². The maximum absolute atomic E-state index is 13.3. The van der Waals surface area contributed by atoms with Crippen molar-refractivity contribution < 1.29 is 18.8 Å². The second-order valence-electron chi connectivity index (χ2n) is 8.44. The highest BCUT2D eigenvalue weighted by Gasteiger charge is 2.49. The Kier molecular flexibility index (Phi) is 5.37. The van der Waals surface area contributed by atoms with Crippen LogP contribution < -0.4 is 10.6 Å². The topological polar surface area (TPSA) is 91.7 Å². The summed E-state index contributed by atoms with van der Waals surface area (Å²) in [5.74, 6) is -0.397. The monoisotopic (exact) mass is 453 g/mol. The summed E-state index contributed by atoms with van der Waals surface area (Å²) in [6.45, 7) is 1.25. The predicted octanol–water partition coefficient (Wildman–Crippen LogP) is 4.11. The number of carbonyl (C=O) groups is 3. The highest BCUT2D eigenvalue weighted by Crippen LogP contribution is 2.31. The molecule has 0 bridgehead atoms. The number of fused-ring (bicyclic) bond motifs is 1. The number of benzene rings is 3. The van der Waals surface area contributed by atoms with Gasteiger partial charge in [0.15, 0.2) is 0 Å². The van der Waals surface area contributed by atoms with Crippen LogP contribution in [0.25, 0.3) is 10.8 Å². The summed E-state index contributed by atoms with van der Waals surface area (Å²) in [5, 5.41) is 7.65. The van der Waals surface area contributed by atoms with E-state index in [2.05, 4.69) is 10.6 Å². The molecular formula is C27H23N3O4. The van der Waals surface area contributed by atoms with Crippen LogP contribution in [-0.4, -0.2) is 29.3 Å². The van der Waals surface area contributed by atoms with Gasteiger partial charge in [-0.1, -0.05) is 66.7 Å². The molecule has 4 amide bonds. The van der Waals surface area contributed by atoms with Crippen LogP contribution in [0.1, 0.15) is 29.9 Å². The number of furan rings is 1. The number of nitrogens with zero attached hydrogens (tertiary/aromatic N) is 1. The number of hydrogen-bond donors (Lipinski definition) is 2. The zero-order chi connectivity index (χ0) is 23.7. The van der Waals surface area contributed by atoms with Crippen molar-refractivity contribution in [1.82, 2.24) is 15.5 Å². The molecule has 1 aliphatic rings. The predicted molar refractivity (Wildman–Crippen MR) is 127 cm³/mol. The van der Waals surface area contributed by atoms with Gasteiger partial charge in [-0.3, -0.25) is 14.5 Å². The first-order valence-electron chi connectivity index (χ1n) is 11.0. The maximum Gasteiger partial charge on any atom is 0.325 e. The molecule has 1 fully saturated rings. The smallest absolute Gasteiger partial charge is 0.325 e. The van der Waals surface area contributed by atoms with E-state index in [9.17, 15) is 14.4 Å². The van der Waals surface area contributed by atoms with E-state index in [1.165, 1.54) is 6.26 Å². The lowest BCUT2D eigenvalue weighted by atomic mass is 9.90. The molecule has 5 rings (SSSR count). The van der Waals surface area contributed by atoms with Crippen molar-refractivity contribution in [3.8, 4) is 0 Å². The molecule has 1 aromatic heterocycles. The summed E-state index contributed by atoms with van der Waals surface area (Å²) >= 11 is 0. The summed E-state index contributed by atoms with van der Waals surface area (Å²) in [4.78, 5) is 40.0. The quantitative estimate of drug-likeness (QED) is 0.430. The molecule has 0 aliphatic carbocycles. The largest absolute Gasteiger partial charge is 0.467 e. The van der Waals surface area contributed by atoms with Crippen LogP contribution in [0.3, 0.4) is 0 Å². The number of nitrogens with one attached hydrogen (secondary N) is 2. The van der Waals surface area contributed by atoms with Crippen LogP contribution in [0.4, 0.5) is 4.79 Å². The highest BCUT2D eigenvalue weighted by molar-refractivity contribution is 6.09. The van der Waals surface area contributed by atoms with Crippen LogP contribution in [0.5, 0.6) is 0 Å². The standard InChI is InChI=1S/C27H23N3O4/c1-27(21-14-13-18-8-5-6-11-20(18)16-21)25(32)30(26(33)29-27)17-23(31)28-24(22-12-7-15-34-22)19-9-3-2-4-10-19/h2-16,24H,17H2,1H3,(H,28,31)(H,29,33). The van der Waals surface area contributed by atoms with E-state index < -0.39 is 36.0 Å². The maximum atomic E-state index is 13.3. The molecule has 1 aliphatic heterocycles. The average molecular weight is 453 g/mol. The van der Waals surface area contributed by atoms with Gasteiger partial charge in [-0.2, -0.15) is 0 Å². The van der Waals surface area contributed by atoms with Gasteiger partial charge in [0.25, 0.3) is 5.91 Å². The van der Waals surface area contributed by atoms with Gasteiger partial charge in [-0.25, -0.2) is 4.79 Å². The lowest BCUT2D eigenvalue weighted by molar-refractivity contribution is -0.135. The average Bonchev–Trinajstić information content (AvgIpc) is 3.46. The molecule has 4 aromatic rings. The third-order valence-electron chi connectivity index (χ3n) is 6.17. The van der Waals surface area contributed by atoms with Gasteiger partial charge in [0.1, 0.15) is 23.9 Å². The van der Waals surface area contributed by atoms with Crippen molar-refractivity contribution in [2.45, 2.75) is 18.5 Å². The van der Waals surface area contributed by atoms with E-state index in [0.717, 1.165) is 21.2 Å². The zero-order valence-electron chi connectivity index (χ0n) is 18.5. The van der Waals surface area contributed by atoms with E-state index in [0.29, 0.717) is 11.3 Å². The fourth-order valence-corrected chi connectivity index (χ4v) is 4.31. The van der Waals surface area contributed by atoms with Gasteiger partial charge in [0.05, 0.1) is 6.26 Å². The fourth-order valence-electron chi connectivity index (χ4n) is 4.31. The molecule has 0 saturated carbocycles. The minimum absolute atomic E-state index is 0.405. The van der Waals surface area contributed by atoms with Gasteiger partial charge in [-0.15, -0.1) is 0 Å². The molecule has 7 heteroatoms. The second kappa shape index (κ2) is 8.51. The number of hydrogen-bond acceptors (Lipinski definition) is 4. The zero-order valence-corrected chi connectivity index (χ0v) is 18.5. The number of imide groups is 1. The summed E-state index contributed by atoms with van der Waals surface area (Å²) in [7, 11) is 0. The van der Waals surface area contributed by atoms with E-state index >= 15 is 0 Å². The third kappa shape index (κ3) is 3.81. The van der Waals surface area contributed by atoms with Crippen LogP contribution in [0.2, 0.25) is 0 Å². The summed E-state index contributed by atoms with van der Waals surface area (Å²) < 4.78 is 5.51. The molecular weight excluding hydrogens is 430 g/mol. The number of carbonyl (C=O) groups excluding carboxylic acids is 3. The Hall–Kier alpha value is -4.39. The first-order chi connectivity index (χ1) is 16.5. The van der Waals surface area contributed by atoms with E-state index in [4.69, 9.17) is 4.42 Å². The van der Waals surface area contributed by atoms with Crippen LogP contribution in [-0.2, 0) is 15.1 Å². The first-order valence-corrected chi connectivity index (χ1v) is 11.0. The molecule has 2 atom stereocenters. The molecule has 1 saturated heterocycles. The molecule has 2 N–H and O–H groups in total. The van der Waals surface area contributed by atoms with E-state index in [1.807, 2.05) is 72.8 Å². The molecule has 3 aromatic carbocycles. The van der Waals surface area contributed by atoms with Gasteiger partial charge >= 0.3 is 6.03 Å². The minimum atomic E-state index is -1.26. The van der Waals surface area contributed by atoms with Gasteiger partial charge in [-0.05, 0) is 47.0 Å². The number of urea groups is 1. The molecule has 0 radical (unpaired) electrons. The van der Waals surface area contributed by atoms with E-state index in [-0.39, 0.29) is 0 Å². The first kappa shape index (κ1) is 21.5. The normalized spacial score (nSPS) is 18.7. The summed E-state index contributed by atoms with van der Waals surface area (Å²) in [6, 6.07) is 25.1. The Morgan fingerprint density at radius 3 is 2.44 bits per heavy atom. The fraction of sp³-hybridized carbons (Fsp3) is 0.148. The Labute approximate surface area is 196 Å². The van der Waals surface area contributed by atoms with Gasteiger partial charge in [0.2, 0.25) is 5.91 Å². The van der Waals surface area contributed by atoms with Crippen molar-refractivity contribution in [1.29, 1.82) is 0 Å². The molecule has 34 heavy (non-hydrogen) atoms. The minimum Gasteiger partial charge on any atom is -0.467 e. The van der Waals surface area contributed by atoms with Gasteiger partial charge in [0, 0.05) is 0 Å². The number of amides is 4. The molecule has 170 valence electrons. The lowest BCUT2D eigenvalue weighted by Crippen LogP contribution is -2.44. The Morgan fingerprint density at radius 2 is 1.71 bits per heavy atom. The molecule has 0 spiro atoms. The van der Waals surface area contributed by atoms with Gasteiger partial charge < -0.3 is 15.1 Å². The molecule has 7 nitrogen and oxygen atoms in total. The summed E-state index contributed by atoms with van der Waals surface area (Å²) in [5.41, 5.74) is 0.218. The highest BCUT2D eigenvalue weighted by atomic mass is 16.3. The third-order valence-corrected chi connectivity index (χ3v) is 6.17. The summed E-state index contributed by atoms with van der Waals surface area (Å²) in [6.07, 6.45) is 1.53. The van der Waals surface area contributed by atoms with Crippen molar-refractivity contribution in [3.63, 3.8) is 0 Å². The Morgan fingerprint density at radius 1 is 0.971 bits per heavy atom. The van der Waals surface area contributed by atoms with Crippen molar-refractivity contribution in [3.05, 3.63) is 108 Å². The second-order valence-corrected chi connectivity index (χ2v) is 8.44. The lowest BCUT2D eigenvalue weighted by Gasteiger charge is -2.23. The molecule has 2 unspecified atom stereocenters. The number of rotatable bonds is 6. The SMILES string of the molecule is CC1(c2ccc3ccccc3c2)NC(=O)N(CC(=O)NC(c2ccccc2)c2ccco2)C1=O. The molecule has 2 heterocycles. The van der Waals surface area contributed by atoms with Crippen molar-refractivity contribution >= 4 is 28.6 Å². The Bertz CT molecular complexity index is 1370.